The Balaban J connectivity index is 1.73. The summed E-state index contributed by atoms with van der Waals surface area (Å²) >= 11 is 0. The molecule has 2 N–H and O–H groups in total. The zero-order valence-electron chi connectivity index (χ0n) is 16.4. The first-order valence-electron chi connectivity index (χ1n) is 10.1. The Morgan fingerprint density at radius 2 is 1.96 bits per heavy atom. The molecule has 0 bridgehead atoms. The number of carbonyl (C=O) groups is 2. The lowest BCUT2D eigenvalue weighted by Crippen LogP contribution is -2.42. The van der Waals surface area contributed by atoms with Gasteiger partial charge in [-0.1, -0.05) is 18.2 Å². The van der Waals surface area contributed by atoms with E-state index in [0.717, 1.165) is 24.2 Å². The van der Waals surface area contributed by atoms with E-state index in [9.17, 15) is 9.59 Å². The van der Waals surface area contributed by atoms with Gasteiger partial charge in [0.1, 0.15) is 5.75 Å². The molecule has 148 valence electrons. The van der Waals surface area contributed by atoms with Gasteiger partial charge < -0.3 is 15.4 Å². The third-order valence-electron chi connectivity index (χ3n) is 5.41. The average molecular weight is 373 g/mol. The van der Waals surface area contributed by atoms with E-state index in [1.54, 1.807) is 0 Å². The number of carbonyl (C=O) groups excluding carboxylic acids is 2. The van der Waals surface area contributed by atoms with Crippen molar-refractivity contribution in [2.75, 3.05) is 13.1 Å². The summed E-state index contributed by atoms with van der Waals surface area (Å²) in [6.45, 7) is 5.36. The Morgan fingerprint density at radius 1 is 1.22 bits per heavy atom. The molecule has 2 aliphatic rings. The highest BCUT2D eigenvalue weighted by Gasteiger charge is 2.37. The summed E-state index contributed by atoms with van der Waals surface area (Å²) in [5.74, 6) is 0.892. The van der Waals surface area contributed by atoms with Crippen molar-refractivity contribution in [2.45, 2.75) is 70.7 Å². The van der Waals surface area contributed by atoms with Crippen LogP contribution in [0.25, 0.3) is 0 Å². The van der Waals surface area contributed by atoms with E-state index in [0.29, 0.717) is 32.2 Å². The summed E-state index contributed by atoms with van der Waals surface area (Å²) < 4.78 is 6.25. The molecule has 2 fully saturated rings. The van der Waals surface area contributed by atoms with Crippen LogP contribution < -0.4 is 15.4 Å². The first kappa shape index (κ1) is 19.7. The minimum Gasteiger partial charge on any atom is -0.490 e. The van der Waals surface area contributed by atoms with Crippen molar-refractivity contribution in [3.05, 3.63) is 29.8 Å². The molecular formula is C21H31N3O3. The SMILES string of the molecule is CCNC(=O)[C@@H]1C[C@@H](NC(C)=O)CN1Cc1ccccc1OC1CCCC1. The van der Waals surface area contributed by atoms with Gasteiger partial charge in [-0.05, 0) is 45.1 Å². The Hall–Kier alpha value is -2.08. The molecule has 1 aromatic carbocycles. The minimum absolute atomic E-state index is 0.00183. The fourth-order valence-corrected chi connectivity index (χ4v) is 4.19. The van der Waals surface area contributed by atoms with Crippen LogP contribution in [0.1, 0.15) is 51.5 Å². The van der Waals surface area contributed by atoms with Crippen molar-refractivity contribution >= 4 is 11.8 Å². The Morgan fingerprint density at radius 3 is 2.67 bits per heavy atom. The highest BCUT2D eigenvalue weighted by atomic mass is 16.5. The monoisotopic (exact) mass is 373 g/mol. The van der Waals surface area contributed by atoms with Gasteiger partial charge in [0.2, 0.25) is 11.8 Å². The zero-order valence-corrected chi connectivity index (χ0v) is 16.4. The first-order valence-corrected chi connectivity index (χ1v) is 10.1. The van der Waals surface area contributed by atoms with E-state index in [1.165, 1.54) is 19.8 Å². The van der Waals surface area contributed by atoms with Crippen molar-refractivity contribution in [3.8, 4) is 5.75 Å². The van der Waals surface area contributed by atoms with Gasteiger partial charge in [-0.15, -0.1) is 0 Å². The van der Waals surface area contributed by atoms with Crippen LogP contribution in [0.2, 0.25) is 0 Å². The number of rotatable bonds is 7. The van der Waals surface area contributed by atoms with Crippen molar-refractivity contribution in [2.24, 2.45) is 0 Å². The number of hydrogen-bond acceptors (Lipinski definition) is 4. The number of hydrogen-bond donors (Lipinski definition) is 2. The van der Waals surface area contributed by atoms with Crippen molar-refractivity contribution in [1.82, 2.24) is 15.5 Å². The van der Waals surface area contributed by atoms with Gasteiger partial charge in [-0.2, -0.15) is 0 Å². The summed E-state index contributed by atoms with van der Waals surface area (Å²) in [7, 11) is 0. The number of ether oxygens (including phenoxy) is 1. The van der Waals surface area contributed by atoms with E-state index in [-0.39, 0.29) is 23.9 Å². The zero-order chi connectivity index (χ0) is 19.2. The predicted octanol–water partition coefficient (Wildman–Crippen LogP) is 2.22. The van der Waals surface area contributed by atoms with Gasteiger partial charge in [-0.25, -0.2) is 0 Å². The molecule has 6 nitrogen and oxygen atoms in total. The second kappa shape index (κ2) is 9.22. The van der Waals surface area contributed by atoms with E-state index in [4.69, 9.17) is 4.74 Å². The fraction of sp³-hybridized carbons (Fsp3) is 0.619. The van der Waals surface area contributed by atoms with E-state index in [1.807, 2.05) is 25.1 Å². The van der Waals surface area contributed by atoms with Gasteiger partial charge in [0.05, 0.1) is 12.1 Å². The Kier molecular flexibility index (Phi) is 6.72. The molecule has 0 radical (unpaired) electrons. The second-order valence-electron chi connectivity index (χ2n) is 7.61. The van der Waals surface area contributed by atoms with Gasteiger partial charge in [0.15, 0.2) is 0 Å². The quantitative estimate of drug-likeness (QED) is 0.769. The summed E-state index contributed by atoms with van der Waals surface area (Å²) in [6.07, 6.45) is 5.63. The van der Waals surface area contributed by atoms with Gasteiger partial charge in [0.25, 0.3) is 0 Å². The maximum absolute atomic E-state index is 12.5. The standard InChI is InChI=1S/C21H31N3O3/c1-3-22-21(26)19-12-17(23-15(2)25)14-24(19)13-16-8-4-7-11-20(16)27-18-9-5-6-10-18/h4,7-8,11,17-19H,3,5-6,9-10,12-14H2,1-2H3,(H,22,26)(H,23,25)/t17-,19+/m1/s1. The van der Waals surface area contributed by atoms with Crippen molar-refractivity contribution in [1.29, 1.82) is 0 Å². The molecule has 1 aromatic rings. The third kappa shape index (κ3) is 5.22. The van der Waals surface area contributed by atoms with Crippen LogP contribution in [0.4, 0.5) is 0 Å². The molecule has 6 heteroatoms. The molecule has 2 amide bonds. The van der Waals surface area contributed by atoms with Gasteiger partial charge in [0, 0.05) is 38.2 Å². The summed E-state index contributed by atoms with van der Waals surface area (Å²) in [5.41, 5.74) is 1.10. The van der Waals surface area contributed by atoms with Crippen LogP contribution in [0.15, 0.2) is 24.3 Å². The molecule has 1 aliphatic heterocycles. The number of likely N-dealkylation sites (N-methyl/N-ethyl adjacent to an activating group) is 1. The molecule has 1 aliphatic carbocycles. The number of nitrogens with one attached hydrogen (secondary N) is 2. The molecule has 3 rings (SSSR count). The summed E-state index contributed by atoms with van der Waals surface area (Å²) in [4.78, 5) is 26.2. The van der Waals surface area contributed by atoms with Crippen LogP contribution in [0, 0.1) is 0 Å². The van der Waals surface area contributed by atoms with Crippen LogP contribution in [-0.2, 0) is 16.1 Å². The van der Waals surface area contributed by atoms with Crippen molar-refractivity contribution in [3.63, 3.8) is 0 Å². The highest BCUT2D eigenvalue weighted by Crippen LogP contribution is 2.29. The summed E-state index contributed by atoms with van der Waals surface area (Å²) in [6, 6.07) is 7.87. The fourth-order valence-electron chi connectivity index (χ4n) is 4.19. The molecule has 27 heavy (non-hydrogen) atoms. The lowest BCUT2D eigenvalue weighted by atomic mass is 10.1. The first-order chi connectivity index (χ1) is 13.1. The van der Waals surface area contributed by atoms with Gasteiger partial charge >= 0.3 is 0 Å². The lowest BCUT2D eigenvalue weighted by Gasteiger charge is -2.25. The molecule has 0 unspecified atom stereocenters. The number of amides is 2. The lowest BCUT2D eigenvalue weighted by molar-refractivity contribution is -0.125. The molecule has 2 atom stereocenters. The van der Waals surface area contributed by atoms with E-state index >= 15 is 0 Å². The highest BCUT2D eigenvalue weighted by molar-refractivity contribution is 5.82. The maximum Gasteiger partial charge on any atom is 0.237 e. The second-order valence-corrected chi connectivity index (χ2v) is 7.61. The van der Waals surface area contributed by atoms with Crippen LogP contribution >= 0.6 is 0 Å². The normalized spacial score (nSPS) is 23.3. The number of para-hydroxylation sites is 1. The Bertz CT molecular complexity index is 658. The van der Waals surface area contributed by atoms with Crippen LogP contribution in [-0.4, -0.2) is 48.0 Å². The molecule has 1 heterocycles. The maximum atomic E-state index is 12.5. The average Bonchev–Trinajstić information content (AvgIpc) is 3.26. The van der Waals surface area contributed by atoms with Crippen molar-refractivity contribution < 1.29 is 14.3 Å². The largest absolute Gasteiger partial charge is 0.490 e. The summed E-state index contributed by atoms with van der Waals surface area (Å²) in [5, 5.41) is 5.89. The minimum atomic E-state index is -0.235. The van der Waals surface area contributed by atoms with Gasteiger partial charge in [-0.3, -0.25) is 14.5 Å². The van der Waals surface area contributed by atoms with Crippen LogP contribution in [0.3, 0.4) is 0 Å². The Labute approximate surface area is 161 Å². The molecular weight excluding hydrogens is 342 g/mol. The predicted molar refractivity (Wildman–Crippen MR) is 104 cm³/mol. The number of likely N-dealkylation sites (tertiary alicyclic amines) is 1. The molecule has 1 saturated heterocycles. The smallest absolute Gasteiger partial charge is 0.237 e. The van der Waals surface area contributed by atoms with E-state index < -0.39 is 0 Å². The molecule has 1 saturated carbocycles. The molecule has 0 aromatic heterocycles. The number of benzene rings is 1. The third-order valence-corrected chi connectivity index (χ3v) is 5.41. The number of nitrogens with zero attached hydrogens (tertiary/aromatic N) is 1. The topological polar surface area (TPSA) is 70.7 Å². The van der Waals surface area contributed by atoms with Crippen LogP contribution in [0.5, 0.6) is 5.75 Å². The van der Waals surface area contributed by atoms with E-state index in [2.05, 4.69) is 21.6 Å². The molecule has 0 spiro atoms.